The average molecular weight is 664 g/mol. The number of hydrogen-bond donors (Lipinski definition) is 0. The van der Waals surface area contributed by atoms with Gasteiger partial charge in [-0.1, -0.05) is 137 Å². The molecular weight excluding hydrogens is 615 g/mol. The highest BCUT2D eigenvalue weighted by Crippen LogP contribution is 2.56. The minimum atomic E-state index is -0.115. The van der Waals surface area contributed by atoms with Crippen LogP contribution >= 0.6 is 0 Å². The summed E-state index contributed by atoms with van der Waals surface area (Å²) in [5.41, 5.74) is 14.9. The molecule has 3 unspecified atom stereocenters. The van der Waals surface area contributed by atoms with Gasteiger partial charge < -0.3 is 4.90 Å². The van der Waals surface area contributed by atoms with Gasteiger partial charge in [0.15, 0.2) is 0 Å². The third kappa shape index (κ3) is 5.10. The number of hydrogen-bond acceptors (Lipinski definition) is 1. The first-order chi connectivity index (χ1) is 25.0. The molecule has 0 spiro atoms. The first kappa shape index (κ1) is 31.1. The van der Waals surface area contributed by atoms with Crippen LogP contribution in [0.2, 0.25) is 0 Å². The highest BCUT2D eigenvalue weighted by molar-refractivity contribution is 6.01. The van der Waals surface area contributed by atoms with Crippen LogP contribution in [0.25, 0.3) is 33.0 Å². The van der Waals surface area contributed by atoms with Gasteiger partial charge in [-0.3, -0.25) is 0 Å². The highest BCUT2D eigenvalue weighted by atomic mass is 15.1. The molecule has 3 atom stereocenters. The van der Waals surface area contributed by atoms with Crippen LogP contribution in [0.4, 0.5) is 17.1 Å². The standard InChI is InChI=1S/C50H49N/c1-50(2)46-19-11-18-40(36-14-7-4-8-15-36)49(46)44-27-26-39(32-47(44)50)51(38-24-22-35(23-25-38)34-12-5-3-6-13-34)48-29-28-42(41-16-9-10-17-43(41)48)45-31-33-20-21-37(45)30-33/h4,7-11,14-19,22-29,32-34,37,45H,3,5-6,12-13,20-21,30-31H2,1-2H3. The Bertz CT molecular complexity index is 2240. The van der Waals surface area contributed by atoms with E-state index in [1.54, 1.807) is 5.56 Å². The third-order valence-electron chi connectivity index (χ3n) is 13.6. The predicted molar refractivity (Wildman–Crippen MR) is 216 cm³/mol. The van der Waals surface area contributed by atoms with E-state index < -0.39 is 0 Å². The zero-order valence-corrected chi connectivity index (χ0v) is 30.2. The van der Waals surface area contributed by atoms with E-state index in [0.29, 0.717) is 11.8 Å². The molecule has 6 aromatic rings. The lowest BCUT2D eigenvalue weighted by molar-refractivity contribution is 0.422. The number of rotatable bonds is 6. The number of nitrogens with zero attached hydrogens (tertiary/aromatic N) is 1. The fourth-order valence-electron chi connectivity index (χ4n) is 11.0. The van der Waals surface area contributed by atoms with Gasteiger partial charge in [-0.05, 0) is 136 Å². The summed E-state index contributed by atoms with van der Waals surface area (Å²) in [5.74, 6) is 3.18. The molecule has 0 saturated heterocycles. The van der Waals surface area contributed by atoms with E-state index in [9.17, 15) is 0 Å². The maximum atomic E-state index is 2.56. The van der Waals surface area contributed by atoms with Crippen molar-refractivity contribution < 1.29 is 0 Å². The van der Waals surface area contributed by atoms with Crippen LogP contribution in [0.15, 0.2) is 127 Å². The Kier molecular flexibility index (Phi) is 7.49. The van der Waals surface area contributed by atoms with E-state index in [4.69, 9.17) is 0 Å². The van der Waals surface area contributed by atoms with Crippen molar-refractivity contribution in [3.8, 4) is 22.3 Å². The van der Waals surface area contributed by atoms with E-state index in [0.717, 1.165) is 11.8 Å². The number of benzene rings is 6. The van der Waals surface area contributed by atoms with Crippen LogP contribution < -0.4 is 4.90 Å². The van der Waals surface area contributed by atoms with Gasteiger partial charge in [0.05, 0.1) is 5.69 Å². The Morgan fingerprint density at radius 3 is 2.10 bits per heavy atom. The zero-order valence-electron chi connectivity index (χ0n) is 30.2. The molecule has 254 valence electrons. The van der Waals surface area contributed by atoms with Crippen LogP contribution in [0.3, 0.4) is 0 Å². The second-order valence-corrected chi connectivity index (χ2v) is 16.7. The van der Waals surface area contributed by atoms with E-state index in [1.165, 1.54) is 125 Å². The van der Waals surface area contributed by atoms with Crippen molar-refractivity contribution in [1.82, 2.24) is 0 Å². The Labute approximate surface area is 304 Å². The fourth-order valence-corrected chi connectivity index (χ4v) is 11.0. The topological polar surface area (TPSA) is 3.24 Å². The Hall–Kier alpha value is -4.62. The molecule has 0 heterocycles. The summed E-state index contributed by atoms with van der Waals surface area (Å²) in [6, 6.07) is 49.1. The van der Waals surface area contributed by atoms with Gasteiger partial charge in [-0.15, -0.1) is 0 Å². The molecule has 3 saturated carbocycles. The molecule has 0 radical (unpaired) electrons. The first-order valence-electron chi connectivity index (χ1n) is 19.8. The van der Waals surface area contributed by atoms with Crippen LogP contribution in [-0.4, -0.2) is 0 Å². The summed E-state index contributed by atoms with van der Waals surface area (Å²) in [5, 5.41) is 2.81. The van der Waals surface area contributed by atoms with Crippen molar-refractivity contribution in [2.45, 2.75) is 88.9 Å². The molecule has 2 bridgehead atoms. The van der Waals surface area contributed by atoms with Gasteiger partial charge in [0.25, 0.3) is 0 Å². The molecule has 4 aliphatic carbocycles. The molecule has 0 aliphatic heterocycles. The molecule has 0 aromatic heterocycles. The Balaban J connectivity index is 1.13. The van der Waals surface area contributed by atoms with Gasteiger partial charge in [-0.25, -0.2) is 0 Å². The van der Waals surface area contributed by atoms with Crippen molar-refractivity contribution >= 4 is 27.8 Å². The summed E-state index contributed by atoms with van der Waals surface area (Å²) >= 11 is 0. The van der Waals surface area contributed by atoms with Crippen molar-refractivity contribution in [2.24, 2.45) is 11.8 Å². The molecule has 0 N–H and O–H groups in total. The number of fused-ring (bicyclic) bond motifs is 6. The summed E-state index contributed by atoms with van der Waals surface area (Å²) in [4.78, 5) is 2.56. The van der Waals surface area contributed by atoms with Crippen LogP contribution in [0, 0.1) is 11.8 Å². The Morgan fingerprint density at radius 1 is 0.569 bits per heavy atom. The Morgan fingerprint density at radius 2 is 1.33 bits per heavy atom. The molecule has 10 rings (SSSR count). The van der Waals surface area contributed by atoms with E-state index in [1.807, 2.05) is 0 Å². The van der Waals surface area contributed by atoms with Crippen LogP contribution in [0.1, 0.15) is 106 Å². The third-order valence-corrected chi connectivity index (χ3v) is 13.6. The normalized spacial score (nSPS) is 21.9. The molecule has 6 aromatic carbocycles. The van der Waals surface area contributed by atoms with Crippen molar-refractivity contribution in [2.75, 3.05) is 4.90 Å². The molecule has 51 heavy (non-hydrogen) atoms. The minimum Gasteiger partial charge on any atom is -0.310 e. The van der Waals surface area contributed by atoms with Crippen LogP contribution in [0.5, 0.6) is 0 Å². The predicted octanol–water partition coefficient (Wildman–Crippen LogP) is 14.2. The van der Waals surface area contributed by atoms with E-state index in [-0.39, 0.29) is 5.41 Å². The molecule has 1 heteroatoms. The van der Waals surface area contributed by atoms with E-state index in [2.05, 4.69) is 146 Å². The van der Waals surface area contributed by atoms with Crippen molar-refractivity contribution in [3.05, 3.63) is 150 Å². The zero-order chi connectivity index (χ0) is 34.1. The lowest BCUT2D eigenvalue weighted by Gasteiger charge is -2.31. The monoisotopic (exact) mass is 663 g/mol. The second-order valence-electron chi connectivity index (χ2n) is 16.7. The molecule has 3 fully saturated rings. The number of anilines is 3. The van der Waals surface area contributed by atoms with Gasteiger partial charge in [0, 0.05) is 22.2 Å². The maximum absolute atomic E-state index is 2.56. The van der Waals surface area contributed by atoms with E-state index >= 15 is 0 Å². The first-order valence-corrected chi connectivity index (χ1v) is 19.8. The summed E-state index contributed by atoms with van der Waals surface area (Å²) in [6.07, 6.45) is 12.4. The van der Waals surface area contributed by atoms with Crippen LogP contribution in [-0.2, 0) is 5.41 Å². The lowest BCUT2D eigenvalue weighted by atomic mass is 9.81. The summed E-state index contributed by atoms with van der Waals surface area (Å²) in [6.45, 7) is 4.83. The average Bonchev–Trinajstić information content (AvgIpc) is 3.89. The summed E-state index contributed by atoms with van der Waals surface area (Å²) < 4.78 is 0. The van der Waals surface area contributed by atoms with Crippen molar-refractivity contribution in [3.63, 3.8) is 0 Å². The minimum absolute atomic E-state index is 0.115. The van der Waals surface area contributed by atoms with Gasteiger partial charge >= 0.3 is 0 Å². The van der Waals surface area contributed by atoms with Gasteiger partial charge in [0.2, 0.25) is 0 Å². The lowest BCUT2D eigenvalue weighted by Crippen LogP contribution is -2.17. The maximum Gasteiger partial charge on any atom is 0.0540 e. The molecular formula is C50H49N. The SMILES string of the molecule is CC1(C)c2cc(N(c3ccc(C4CCCCC4)cc3)c3ccc(C4CC5CCC4C5)c4ccccc34)ccc2-c2c(-c3ccccc3)cccc21. The fraction of sp³-hybridized carbons (Fsp3) is 0.320. The molecule has 4 aliphatic rings. The summed E-state index contributed by atoms with van der Waals surface area (Å²) in [7, 11) is 0. The highest BCUT2D eigenvalue weighted by Gasteiger charge is 2.41. The largest absolute Gasteiger partial charge is 0.310 e. The molecule has 0 amide bonds. The quantitative estimate of drug-likeness (QED) is 0.171. The smallest absolute Gasteiger partial charge is 0.0540 e. The van der Waals surface area contributed by atoms with Crippen molar-refractivity contribution in [1.29, 1.82) is 0 Å². The van der Waals surface area contributed by atoms with Gasteiger partial charge in [0.1, 0.15) is 0 Å². The molecule has 1 nitrogen and oxygen atoms in total. The second kappa shape index (κ2) is 12.3. The van der Waals surface area contributed by atoms with Gasteiger partial charge in [-0.2, -0.15) is 0 Å².